The number of nitrogens with one attached hydrogen (secondary N) is 1. The molecule has 1 aliphatic carbocycles. The Morgan fingerprint density at radius 1 is 1.06 bits per heavy atom. The van der Waals surface area contributed by atoms with Gasteiger partial charge in [0.15, 0.2) is 6.61 Å². The number of carbonyl (C=O) groups is 2. The predicted molar refractivity (Wildman–Crippen MR) is 145 cm³/mol. The van der Waals surface area contributed by atoms with Crippen LogP contribution in [-0.4, -0.2) is 41.6 Å². The maximum absolute atomic E-state index is 13.0. The molecule has 1 amide bonds. The number of hydrogen-bond donors (Lipinski definition) is 1. The molecule has 0 aromatic heterocycles. The molecule has 1 fully saturated rings. The van der Waals surface area contributed by atoms with E-state index in [-0.39, 0.29) is 19.1 Å². The Hall–Kier alpha value is -2.28. The molecule has 3 rings (SSSR count). The highest BCUT2D eigenvalue weighted by molar-refractivity contribution is 6.36. The molecule has 1 saturated carbocycles. The molecule has 0 unspecified atom stereocenters. The summed E-state index contributed by atoms with van der Waals surface area (Å²) in [6.07, 6.45) is 5.72. The molecule has 0 saturated heterocycles. The number of halogens is 2. The third kappa shape index (κ3) is 8.99. The second kappa shape index (κ2) is 12.8. The van der Waals surface area contributed by atoms with Gasteiger partial charge in [-0.15, -0.1) is 0 Å². The van der Waals surface area contributed by atoms with Crippen LogP contribution in [0.15, 0.2) is 36.4 Å². The van der Waals surface area contributed by atoms with Crippen LogP contribution in [0.3, 0.4) is 0 Å². The first kappa shape index (κ1) is 28.3. The van der Waals surface area contributed by atoms with Crippen LogP contribution in [0.4, 0.5) is 5.69 Å². The number of rotatable bonds is 9. The van der Waals surface area contributed by atoms with Crippen LogP contribution in [0.2, 0.25) is 10.0 Å². The number of benzene rings is 2. The number of nitrogens with zero attached hydrogens (tertiary/aromatic N) is 1. The van der Waals surface area contributed by atoms with Crippen LogP contribution in [0.5, 0.6) is 5.75 Å². The number of carbonyl (C=O) groups excluding carboxylic acids is 2. The summed E-state index contributed by atoms with van der Waals surface area (Å²) < 4.78 is 11.0. The summed E-state index contributed by atoms with van der Waals surface area (Å²) >= 11 is 12.2. The van der Waals surface area contributed by atoms with E-state index in [1.165, 1.54) is 19.3 Å². The van der Waals surface area contributed by atoms with Gasteiger partial charge in [-0.3, -0.25) is 9.69 Å². The van der Waals surface area contributed by atoms with Crippen LogP contribution >= 0.6 is 23.2 Å². The van der Waals surface area contributed by atoms with Crippen LogP contribution in [0, 0.1) is 6.92 Å². The standard InChI is InChI=1S/C28H36Cl2N2O4/c1-19-14-20(10-13-25(19)35-18-27(34)36-28(2,3)4)16-32(22-8-6-5-7-9-22)17-26(33)31-24-12-11-21(29)15-23(24)30/h10-15,22H,5-9,16-18H2,1-4H3,(H,31,33). The average Bonchev–Trinajstić information content (AvgIpc) is 2.79. The van der Waals surface area contributed by atoms with Crippen LogP contribution < -0.4 is 10.1 Å². The first-order chi connectivity index (χ1) is 17.0. The maximum Gasteiger partial charge on any atom is 0.344 e. The molecular formula is C28H36Cl2N2O4. The zero-order valence-electron chi connectivity index (χ0n) is 21.5. The predicted octanol–water partition coefficient (Wildman–Crippen LogP) is 6.80. The third-order valence-corrected chi connectivity index (χ3v) is 6.58. The molecule has 8 heteroatoms. The molecule has 2 aromatic rings. The molecule has 0 atom stereocenters. The minimum atomic E-state index is -0.549. The first-order valence-corrected chi connectivity index (χ1v) is 13.2. The summed E-state index contributed by atoms with van der Waals surface area (Å²) in [5.74, 6) is 0.129. The maximum atomic E-state index is 13.0. The van der Waals surface area contributed by atoms with Crippen molar-refractivity contribution in [2.45, 2.75) is 78.0 Å². The Morgan fingerprint density at radius 2 is 1.78 bits per heavy atom. The number of anilines is 1. The lowest BCUT2D eigenvalue weighted by molar-refractivity contribution is -0.157. The molecule has 1 aliphatic rings. The highest BCUT2D eigenvalue weighted by Crippen LogP contribution is 2.28. The summed E-state index contributed by atoms with van der Waals surface area (Å²) in [5.41, 5.74) is 2.02. The fraction of sp³-hybridized carbons (Fsp3) is 0.500. The number of esters is 1. The second-order valence-electron chi connectivity index (χ2n) is 10.3. The average molecular weight is 536 g/mol. The molecular weight excluding hydrogens is 499 g/mol. The fourth-order valence-corrected chi connectivity index (χ4v) is 4.90. The minimum Gasteiger partial charge on any atom is -0.482 e. The van der Waals surface area contributed by atoms with Gasteiger partial charge in [-0.2, -0.15) is 0 Å². The van der Waals surface area contributed by atoms with E-state index in [9.17, 15) is 9.59 Å². The lowest BCUT2D eigenvalue weighted by Crippen LogP contribution is -2.41. The quantitative estimate of drug-likeness (QED) is 0.358. The molecule has 0 heterocycles. The van der Waals surface area contributed by atoms with Crippen molar-refractivity contribution in [3.63, 3.8) is 0 Å². The van der Waals surface area contributed by atoms with Gasteiger partial charge in [0, 0.05) is 17.6 Å². The van der Waals surface area contributed by atoms with E-state index in [2.05, 4.69) is 10.2 Å². The van der Waals surface area contributed by atoms with E-state index in [1.807, 2.05) is 45.9 Å². The van der Waals surface area contributed by atoms with E-state index < -0.39 is 11.6 Å². The Balaban J connectivity index is 1.66. The van der Waals surface area contributed by atoms with Gasteiger partial charge in [-0.25, -0.2) is 4.79 Å². The van der Waals surface area contributed by atoms with Crippen LogP contribution in [-0.2, 0) is 20.9 Å². The highest BCUT2D eigenvalue weighted by Gasteiger charge is 2.24. The molecule has 0 aliphatic heterocycles. The van der Waals surface area contributed by atoms with Gasteiger partial charge in [0.1, 0.15) is 11.4 Å². The van der Waals surface area contributed by atoms with E-state index in [1.54, 1.807) is 18.2 Å². The van der Waals surface area contributed by atoms with Crippen molar-refractivity contribution in [2.24, 2.45) is 0 Å². The molecule has 2 aromatic carbocycles. The van der Waals surface area contributed by atoms with Gasteiger partial charge in [0.2, 0.25) is 5.91 Å². The van der Waals surface area contributed by atoms with Gasteiger partial charge in [-0.05, 0) is 75.9 Å². The number of amides is 1. The number of hydrogen-bond acceptors (Lipinski definition) is 5. The number of ether oxygens (including phenoxy) is 2. The lowest BCUT2D eigenvalue weighted by atomic mass is 9.93. The molecule has 0 bridgehead atoms. The first-order valence-electron chi connectivity index (χ1n) is 12.4. The smallest absolute Gasteiger partial charge is 0.344 e. The molecule has 36 heavy (non-hydrogen) atoms. The van der Waals surface area contributed by atoms with Gasteiger partial charge in [0.05, 0.1) is 17.3 Å². The summed E-state index contributed by atoms with van der Waals surface area (Å²) in [6.45, 7) is 8.19. The van der Waals surface area contributed by atoms with Crippen molar-refractivity contribution in [2.75, 3.05) is 18.5 Å². The van der Waals surface area contributed by atoms with Crippen molar-refractivity contribution in [3.8, 4) is 5.75 Å². The minimum absolute atomic E-state index is 0.112. The SMILES string of the molecule is Cc1cc(CN(CC(=O)Nc2ccc(Cl)cc2Cl)C2CCCCC2)ccc1OCC(=O)OC(C)(C)C. The van der Waals surface area contributed by atoms with Crippen LogP contribution in [0.1, 0.15) is 64.0 Å². The summed E-state index contributed by atoms with van der Waals surface area (Å²) in [5, 5.41) is 3.86. The van der Waals surface area contributed by atoms with Gasteiger partial charge < -0.3 is 14.8 Å². The van der Waals surface area contributed by atoms with Gasteiger partial charge in [0.25, 0.3) is 0 Å². The second-order valence-corrected chi connectivity index (χ2v) is 11.2. The largest absolute Gasteiger partial charge is 0.482 e. The summed E-state index contributed by atoms with van der Waals surface area (Å²) in [7, 11) is 0. The topological polar surface area (TPSA) is 67.9 Å². The van der Waals surface area contributed by atoms with Gasteiger partial charge in [-0.1, -0.05) is 54.6 Å². The van der Waals surface area contributed by atoms with E-state index in [4.69, 9.17) is 32.7 Å². The molecule has 196 valence electrons. The Labute approximate surface area is 224 Å². The van der Waals surface area contributed by atoms with Gasteiger partial charge >= 0.3 is 5.97 Å². The summed E-state index contributed by atoms with van der Waals surface area (Å²) in [6, 6.07) is 11.3. The molecule has 1 N–H and O–H groups in total. The number of aryl methyl sites for hydroxylation is 1. The zero-order chi connectivity index (χ0) is 26.3. The highest BCUT2D eigenvalue weighted by atomic mass is 35.5. The normalized spacial score (nSPS) is 14.5. The van der Waals surface area contributed by atoms with Crippen molar-refractivity contribution < 1.29 is 19.1 Å². The zero-order valence-corrected chi connectivity index (χ0v) is 23.0. The van der Waals surface area contributed by atoms with Crippen molar-refractivity contribution in [1.29, 1.82) is 0 Å². The van der Waals surface area contributed by atoms with Crippen molar-refractivity contribution >= 4 is 40.8 Å². The van der Waals surface area contributed by atoms with E-state index in [0.29, 0.717) is 34.1 Å². The monoisotopic (exact) mass is 534 g/mol. The van der Waals surface area contributed by atoms with Crippen molar-refractivity contribution in [3.05, 3.63) is 57.6 Å². The van der Waals surface area contributed by atoms with E-state index >= 15 is 0 Å². The van der Waals surface area contributed by atoms with Crippen molar-refractivity contribution in [1.82, 2.24) is 4.90 Å². The molecule has 0 spiro atoms. The molecule has 6 nitrogen and oxygen atoms in total. The lowest BCUT2D eigenvalue weighted by Gasteiger charge is -2.34. The third-order valence-electron chi connectivity index (χ3n) is 6.03. The fourth-order valence-electron chi connectivity index (χ4n) is 4.44. The molecule has 0 radical (unpaired) electrons. The Morgan fingerprint density at radius 3 is 2.42 bits per heavy atom. The summed E-state index contributed by atoms with van der Waals surface area (Å²) in [4.78, 5) is 27.2. The van der Waals surface area contributed by atoms with Crippen LogP contribution in [0.25, 0.3) is 0 Å². The Bertz CT molecular complexity index is 1060. The Kier molecular flexibility index (Phi) is 10.1. The van der Waals surface area contributed by atoms with E-state index in [0.717, 1.165) is 24.0 Å².